The van der Waals surface area contributed by atoms with Crippen LogP contribution in [0.15, 0.2) is 48.5 Å². The van der Waals surface area contributed by atoms with Crippen LogP contribution in [0.5, 0.6) is 0 Å². The molecule has 0 heterocycles. The van der Waals surface area contributed by atoms with Gasteiger partial charge in [0.25, 0.3) is 0 Å². The highest BCUT2D eigenvalue weighted by Crippen LogP contribution is 2.11. The fourth-order valence-corrected chi connectivity index (χ4v) is 2.69. The van der Waals surface area contributed by atoms with Crippen LogP contribution in [-0.2, 0) is 32.0 Å². The van der Waals surface area contributed by atoms with E-state index < -0.39 is 12.0 Å². The van der Waals surface area contributed by atoms with Gasteiger partial charge in [-0.05, 0) is 35.4 Å². The number of carbonyl (C=O) groups is 3. The highest BCUT2D eigenvalue weighted by atomic mass is 35.5. The summed E-state index contributed by atoms with van der Waals surface area (Å²) in [6, 6.07) is 12.7. The lowest BCUT2D eigenvalue weighted by atomic mass is 10.1. The first kappa shape index (κ1) is 21.7. The predicted molar refractivity (Wildman–Crippen MR) is 107 cm³/mol. The van der Waals surface area contributed by atoms with Gasteiger partial charge in [-0.25, -0.2) is 4.79 Å². The number of benzene rings is 2. The van der Waals surface area contributed by atoms with E-state index in [1.54, 1.807) is 48.5 Å². The number of esters is 1. The Kier molecular flexibility index (Phi) is 8.29. The lowest BCUT2D eigenvalue weighted by Gasteiger charge is -2.17. The van der Waals surface area contributed by atoms with Crippen LogP contribution in [0.4, 0.5) is 0 Å². The Morgan fingerprint density at radius 1 is 0.857 bits per heavy atom. The van der Waals surface area contributed by atoms with Crippen LogP contribution < -0.4 is 10.6 Å². The Labute approximate surface area is 173 Å². The van der Waals surface area contributed by atoms with Gasteiger partial charge in [0.05, 0.1) is 20.0 Å². The number of rotatable bonds is 8. The second-order valence-corrected chi connectivity index (χ2v) is 6.93. The second-order valence-electron chi connectivity index (χ2n) is 6.05. The highest BCUT2D eigenvalue weighted by Gasteiger charge is 2.22. The fourth-order valence-electron chi connectivity index (χ4n) is 2.43. The predicted octanol–water partition coefficient (Wildman–Crippen LogP) is 2.55. The molecular weight excluding hydrogens is 403 g/mol. The van der Waals surface area contributed by atoms with Crippen molar-refractivity contribution in [3.63, 3.8) is 0 Å². The molecule has 0 bridgehead atoms. The van der Waals surface area contributed by atoms with E-state index >= 15 is 0 Å². The van der Waals surface area contributed by atoms with Gasteiger partial charge in [0.15, 0.2) is 0 Å². The molecule has 2 N–H and O–H groups in total. The molecule has 0 saturated carbocycles. The van der Waals surface area contributed by atoms with Gasteiger partial charge in [-0.2, -0.15) is 0 Å². The molecule has 6 nitrogen and oxygen atoms in total. The highest BCUT2D eigenvalue weighted by molar-refractivity contribution is 6.30. The molecule has 2 amide bonds. The van der Waals surface area contributed by atoms with E-state index in [1.807, 2.05) is 0 Å². The number of hydrogen-bond donors (Lipinski definition) is 2. The topological polar surface area (TPSA) is 84.5 Å². The molecular formula is C20H20Cl2N2O4. The zero-order valence-corrected chi connectivity index (χ0v) is 16.7. The van der Waals surface area contributed by atoms with Gasteiger partial charge in [-0.3, -0.25) is 9.59 Å². The fraction of sp³-hybridized carbons (Fsp3) is 0.250. The molecule has 148 valence electrons. The van der Waals surface area contributed by atoms with Crippen molar-refractivity contribution in [2.45, 2.75) is 18.9 Å². The molecule has 0 fully saturated rings. The largest absolute Gasteiger partial charge is 0.467 e. The molecule has 2 rings (SSSR count). The number of methoxy groups -OCH3 is 1. The number of amides is 2. The smallest absolute Gasteiger partial charge is 0.330 e. The molecule has 8 heteroatoms. The molecule has 28 heavy (non-hydrogen) atoms. The molecule has 2 aromatic carbocycles. The van der Waals surface area contributed by atoms with Gasteiger partial charge < -0.3 is 15.4 Å². The Morgan fingerprint density at radius 3 is 1.79 bits per heavy atom. The van der Waals surface area contributed by atoms with Crippen molar-refractivity contribution in [1.82, 2.24) is 10.6 Å². The molecule has 1 unspecified atom stereocenters. The maximum absolute atomic E-state index is 12.2. The summed E-state index contributed by atoms with van der Waals surface area (Å²) in [5.41, 5.74) is 1.53. The normalized spacial score (nSPS) is 11.4. The first-order valence-electron chi connectivity index (χ1n) is 8.50. The number of nitrogens with one attached hydrogen (secondary N) is 2. The molecule has 0 aliphatic carbocycles. The lowest BCUT2D eigenvalue weighted by molar-refractivity contribution is -0.145. The van der Waals surface area contributed by atoms with Crippen LogP contribution in [-0.4, -0.2) is 37.5 Å². The van der Waals surface area contributed by atoms with E-state index in [4.69, 9.17) is 27.9 Å². The molecule has 0 aliphatic rings. The minimum atomic E-state index is -0.987. The molecule has 0 radical (unpaired) electrons. The van der Waals surface area contributed by atoms with Gasteiger partial charge in [-0.1, -0.05) is 47.5 Å². The first-order valence-corrected chi connectivity index (χ1v) is 9.25. The number of ether oxygens (including phenoxy) is 1. The van der Waals surface area contributed by atoms with Gasteiger partial charge in [-0.15, -0.1) is 0 Å². The summed E-state index contributed by atoms with van der Waals surface area (Å²) in [7, 11) is 1.22. The third-order valence-corrected chi connectivity index (χ3v) is 4.38. The van der Waals surface area contributed by atoms with Crippen molar-refractivity contribution in [1.29, 1.82) is 0 Å². The zero-order chi connectivity index (χ0) is 20.5. The van der Waals surface area contributed by atoms with Crippen molar-refractivity contribution in [3.8, 4) is 0 Å². The quantitative estimate of drug-likeness (QED) is 0.640. The second kappa shape index (κ2) is 10.7. The van der Waals surface area contributed by atoms with Crippen LogP contribution in [0, 0.1) is 0 Å². The minimum absolute atomic E-state index is 0.0728. The summed E-state index contributed by atoms with van der Waals surface area (Å²) in [6.45, 7) is -0.0779. The lowest BCUT2D eigenvalue weighted by Crippen LogP contribution is -2.49. The summed E-state index contributed by atoms with van der Waals surface area (Å²) in [4.78, 5) is 36.3. The summed E-state index contributed by atoms with van der Waals surface area (Å²) in [5, 5.41) is 6.36. The summed E-state index contributed by atoms with van der Waals surface area (Å²) in [6.07, 6.45) is 0.202. The van der Waals surface area contributed by atoms with Gasteiger partial charge >= 0.3 is 5.97 Å². The van der Waals surface area contributed by atoms with Crippen molar-refractivity contribution < 1.29 is 19.1 Å². The van der Waals surface area contributed by atoms with Crippen LogP contribution in [0.2, 0.25) is 10.0 Å². The van der Waals surface area contributed by atoms with E-state index in [2.05, 4.69) is 10.6 Å². The standard InChI is InChI=1S/C20H20Cl2N2O4/c1-28-20(27)17(24-19(26)11-14-4-8-16(22)9-5-14)12-23-18(25)10-13-2-6-15(21)7-3-13/h2-9,17H,10-12H2,1H3,(H,23,25)(H,24,26). The number of halogens is 2. The Bertz CT molecular complexity index is 823. The minimum Gasteiger partial charge on any atom is -0.467 e. The zero-order valence-electron chi connectivity index (χ0n) is 15.2. The monoisotopic (exact) mass is 422 g/mol. The third-order valence-electron chi connectivity index (χ3n) is 3.88. The van der Waals surface area contributed by atoms with Crippen molar-refractivity contribution in [2.24, 2.45) is 0 Å². The average Bonchev–Trinajstić information content (AvgIpc) is 2.68. The Balaban J connectivity index is 1.88. The molecule has 0 aliphatic heterocycles. The maximum atomic E-state index is 12.2. The Morgan fingerprint density at radius 2 is 1.32 bits per heavy atom. The molecule has 1 atom stereocenters. The van der Waals surface area contributed by atoms with Gasteiger partial charge in [0, 0.05) is 16.6 Å². The summed E-state index contributed by atoms with van der Waals surface area (Å²) >= 11 is 11.6. The Hall–Kier alpha value is -2.57. The van der Waals surface area contributed by atoms with E-state index in [1.165, 1.54) is 7.11 Å². The van der Waals surface area contributed by atoms with Crippen molar-refractivity contribution >= 4 is 41.0 Å². The van der Waals surface area contributed by atoms with Crippen LogP contribution >= 0.6 is 23.2 Å². The van der Waals surface area contributed by atoms with Crippen molar-refractivity contribution in [2.75, 3.05) is 13.7 Å². The van der Waals surface area contributed by atoms with E-state index in [-0.39, 0.29) is 31.2 Å². The van der Waals surface area contributed by atoms with Crippen LogP contribution in [0.3, 0.4) is 0 Å². The van der Waals surface area contributed by atoms with E-state index in [0.29, 0.717) is 10.0 Å². The summed E-state index contributed by atoms with van der Waals surface area (Å²) in [5.74, 6) is -1.30. The average molecular weight is 423 g/mol. The molecule has 2 aromatic rings. The summed E-state index contributed by atoms with van der Waals surface area (Å²) < 4.78 is 4.71. The van der Waals surface area contributed by atoms with E-state index in [9.17, 15) is 14.4 Å². The molecule has 0 spiro atoms. The third kappa shape index (κ3) is 7.21. The van der Waals surface area contributed by atoms with Gasteiger partial charge in [0.2, 0.25) is 11.8 Å². The maximum Gasteiger partial charge on any atom is 0.330 e. The van der Waals surface area contributed by atoms with Crippen LogP contribution in [0.25, 0.3) is 0 Å². The molecule has 0 saturated heterocycles. The number of carbonyl (C=O) groups excluding carboxylic acids is 3. The SMILES string of the molecule is COC(=O)C(CNC(=O)Cc1ccc(Cl)cc1)NC(=O)Cc1ccc(Cl)cc1. The van der Waals surface area contributed by atoms with Crippen LogP contribution in [0.1, 0.15) is 11.1 Å². The molecule has 0 aromatic heterocycles. The van der Waals surface area contributed by atoms with E-state index in [0.717, 1.165) is 11.1 Å². The first-order chi connectivity index (χ1) is 13.4. The number of hydrogen-bond acceptors (Lipinski definition) is 4. The van der Waals surface area contributed by atoms with Gasteiger partial charge in [0.1, 0.15) is 6.04 Å². The van der Waals surface area contributed by atoms with Crippen molar-refractivity contribution in [3.05, 3.63) is 69.7 Å².